The number of benzene rings is 1. The highest BCUT2D eigenvalue weighted by molar-refractivity contribution is 7.13. The summed E-state index contributed by atoms with van der Waals surface area (Å²) >= 11 is 1.59. The molecule has 242 valence electrons. The molecule has 2 fully saturated rings. The number of hydrogen-bond acceptors (Lipinski definition) is 8. The van der Waals surface area contributed by atoms with Gasteiger partial charge in [-0.2, -0.15) is 0 Å². The number of carbonyl (C=O) groups is 3. The van der Waals surface area contributed by atoms with Gasteiger partial charge in [-0.1, -0.05) is 52.0 Å². The smallest absolute Gasteiger partial charge is 0.246 e. The molecule has 0 aliphatic carbocycles. The van der Waals surface area contributed by atoms with E-state index < -0.39 is 29.3 Å². The molecule has 1 aromatic heterocycles. The van der Waals surface area contributed by atoms with Crippen molar-refractivity contribution in [2.75, 3.05) is 39.8 Å². The number of hydrogen-bond donors (Lipinski definition) is 3. The number of ketones is 1. The van der Waals surface area contributed by atoms with Gasteiger partial charge in [-0.25, -0.2) is 9.37 Å². The molecule has 0 saturated carbocycles. The van der Waals surface area contributed by atoms with Gasteiger partial charge in [0.25, 0.3) is 0 Å². The van der Waals surface area contributed by atoms with E-state index in [-0.39, 0.29) is 56.0 Å². The number of alkyl halides is 1. The van der Waals surface area contributed by atoms with Crippen LogP contribution in [0.2, 0.25) is 0 Å². The number of aromatic nitrogens is 1. The molecule has 0 spiro atoms. The van der Waals surface area contributed by atoms with Crippen molar-refractivity contribution in [1.29, 1.82) is 0 Å². The van der Waals surface area contributed by atoms with Crippen LogP contribution in [-0.2, 0) is 14.4 Å². The monoisotopic (exact) mass is 629 g/mol. The molecule has 2 saturated heterocycles. The summed E-state index contributed by atoms with van der Waals surface area (Å²) in [6.45, 7) is 10.9. The Bertz CT molecular complexity index is 1300. The lowest BCUT2D eigenvalue weighted by Crippen LogP contribution is -2.58. The van der Waals surface area contributed by atoms with E-state index in [0.717, 1.165) is 21.7 Å². The van der Waals surface area contributed by atoms with E-state index in [1.54, 1.807) is 23.3 Å². The van der Waals surface area contributed by atoms with Gasteiger partial charge in [-0.15, -0.1) is 11.3 Å². The molecule has 11 heteroatoms. The molecule has 4 rings (SSSR count). The van der Waals surface area contributed by atoms with Gasteiger partial charge in [0.15, 0.2) is 5.78 Å². The minimum absolute atomic E-state index is 0.0350. The molecule has 0 bridgehead atoms. The maximum atomic E-state index is 15.2. The van der Waals surface area contributed by atoms with E-state index >= 15 is 4.39 Å². The number of nitrogens with zero attached hydrogens (tertiary/aromatic N) is 3. The number of likely N-dealkylation sites (N-methyl/N-ethyl adjacent to an activating group) is 1. The average Bonchev–Trinajstić information content (AvgIpc) is 3.56. The van der Waals surface area contributed by atoms with Crippen molar-refractivity contribution >= 4 is 28.9 Å². The number of nitrogens with one attached hydrogen (secondary N) is 2. The topological polar surface area (TPSA) is 115 Å². The fourth-order valence-corrected chi connectivity index (χ4v) is 7.11. The summed E-state index contributed by atoms with van der Waals surface area (Å²) in [5, 5.41) is 16.6. The lowest BCUT2D eigenvalue weighted by Gasteiger charge is -2.36. The number of carbonyl (C=O) groups excluding carboxylic acids is 3. The Morgan fingerprint density at radius 2 is 1.89 bits per heavy atom. The fourth-order valence-electron chi connectivity index (χ4n) is 6.30. The number of likely N-dealkylation sites (tertiary alicyclic amines) is 1. The summed E-state index contributed by atoms with van der Waals surface area (Å²) < 4.78 is 15.2. The zero-order chi connectivity index (χ0) is 32.2. The third kappa shape index (κ3) is 8.50. The molecule has 3 N–H and O–H groups in total. The normalized spacial score (nSPS) is 21.7. The second-order valence-electron chi connectivity index (χ2n) is 13.8. The van der Waals surface area contributed by atoms with Crippen LogP contribution < -0.4 is 10.6 Å². The largest absolute Gasteiger partial charge is 0.391 e. The standard InChI is InChI=1S/C33H48FN5O4S/c1-21(23-7-9-24(10-8-23)29-22(2)36-20-44-29)15-27(41)26-16-25(40)17-39(26)31(43)30(32(3,4)5)37-28(42)18-38(6)19-33(34)11-13-35-14-12-33/h7-10,20-21,25-26,30,35,40H,11-19H2,1-6H3,(H,37,42)/t21-,25-,26+,30-/m1/s1. The first-order valence-corrected chi connectivity index (χ1v) is 16.4. The third-order valence-corrected chi connectivity index (χ3v) is 9.79. The van der Waals surface area contributed by atoms with Crippen molar-refractivity contribution in [2.45, 2.75) is 90.1 Å². The van der Waals surface area contributed by atoms with Crippen molar-refractivity contribution in [3.63, 3.8) is 0 Å². The Kier molecular flexibility index (Phi) is 11.0. The van der Waals surface area contributed by atoms with Crippen LogP contribution in [0.3, 0.4) is 0 Å². The van der Waals surface area contributed by atoms with E-state index in [2.05, 4.69) is 15.6 Å². The van der Waals surface area contributed by atoms with Crippen LogP contribution in [-0.4, -0.2) is 101 Å². The van der Waals surface area contributed by atoms with Gasteiger partial charge in [0.1, 0.15) is 11.7 Å². The number of aliphatic hydroxyl groups excluding tert-OH is 1. The molecular formula is C33H48FN5O4S. The second-order valence-corrected chi connectivity index (χ2v) is 14.7. The van der Waals surface area contributed by atoms with Crippen LogP contribution >= 0.6 is 11.3 Å². The predicted octanol–water partition coefficient (Wildman–Crippen LogP) is 3.70. The summed E-state index contributed by atoms with van der Waals surface area (Å²) in [5.74, 6) is -0.966. The maximum Gasteiger partial charge on any atom is 0.246 e. The highest BCUT2D eigenvalue weighted by Gasteiger charge is 2.44. The predicted molar refractivity (Wildman–Crippen MR) is 171 cm³/mol. The second kappa shape index (κ2) is 14.1. The van der Waals surface area contributed by atoms with Gasteiger partial charge in [0.2, 0.25) is 11.8 Å². The molecule has 2 aromatic rings. The quantitative estimate of drug-likeness (QED) is 0.347. The first-order valence-electron chi connectivity index (χ1n) is 15.6. The van der Waals surface area contributed by atoms with Crippen LogP contribution in [0.5, 0.6) is 0 Å². The first kappa shape index (κ1) is 34.1. The van der Waals surface area contributed by atoms with Crippen LogP contribution in [0.25, 0.3) is 10.4 Å². The van der Waals surface area contributed by atoms with E-state index in [1.165, 1.54) is 4.90 Å². The van der Waals surface area contributed by atoms with E-state index in [9.17, 15) is 19.5 Å². The van der Waals surface area contributed by atoms with Gasteiger partial charge >= 0.3 is 0 Å². The zero-order valence-electron chi connectivity index (χ0n) is 26.9. The van der Waals surface area contributed by atoms with Crippen LogP contribution in [0, 0.1) is 12.3 Å². The van der Waals surface area contributed by atoms with Crippen molar-refractivity contribution in [3.05, 3.63) is 41.0 Å². The van der Waals surface area contributed by atoms with Gasteiger partial charge < -0.3 is 20.6 Å². The van der Waals surface area contributed by atoms with Gasteiger partial charge in [-0.05, 0) is 62.4 Å². The van der Waals surface area contributed by atoms with E-state index in [0.29, 0.717) is 25.9 Å². The molecular weight excluding hydrogens is 581 g/mol. The summed E-state index contributed by atoms with van der Waals surface area (Å²) in [5.41, 5.74) is 2.91. The zero-order valence-corrected chi connectivity index (χ0v) is 27.7. The third-order valence-electron chi connectivity index (χ3n) is 8.81. The number of β-amino-alcohol motifs (C(OH)–C–C–N with tert-alkyl or cyclic N) is 1. The maximum absolute atomic E-state index is 15.2. The van der Waals surface area contributed by atoms with Crippen molar-refractivity contribution in [1.82, 2.24) is 25.4 Å². The molecule has 1 aromatic carbocycles. The highest BCUT2D eigenvalue weighted by Crippen LogP contribution is 2.32. The number of piperidine rings is 1. The lowest BCUT2D eigenvalue weighted by atomic mass is 9.85. The molecule has 2 amide bonds. The van der Waals surface area contributed by atoms with Crippen LogP contribution in [0.1, 0.15) is 70.6 Å². The van der Waals surface area contributed by atoms with E-state index in [1.807, 2.05) is 64.4 Å². The summed E-state index contributed by atoms with van der Waals surface area (Å²) in [6.07, 6.45) is 0.356. The minimum Gasteiger partial charge on any atom is -0.391 e. The Morgan fingerprint density at radius 1 is 1.23 bits per heavy atom. The van der Waals surface area contributed by atoms with Gasteiger partial charge in [-0.3, -0.25) is 19.3 Å². The number of aliphatic hydroxyl groups is 1. The van der Waals surface area contributed by atoms with Crippen LogP contribution in [0.15, 0.2) is 29.8 Å². The Hall–Kier alpha value is -2.73. The number of amides is 2. The summed E-state index contributed by atoms with van der Waals surface area (Å²) in [6, 6.07) is 6.45. The first-order chi connectivity index (χ1) is 20.7. The number of thiazole rings is 1. The molecule has 2 aliphatic heterocycles. The van der Waals surface area contributed by atoms with Crippen molar-refractivity contribution in [2.24, 2.45) is 5.41 Å². The van der Waals surface area contributed by atoms with Crippen molar-refractivity contribution in [3.8, 4) is 10.4 Å². The molecule has 2 aliphatic rings. The Balaban J connectivity index is 1.40. The highest BCUT2D eigenvalue weighted by atomic mass is 32.1. The Morgan fingerprint density at radius 3 is 2.48 bits per heavy atom. The average molecular weight is 630 g/mol. The summed E-state index contributed by atoms with van der Waals surface area (Å²) in [4.78, 5) is 49.2. The number of rotatable bonds is 11. The van der Waals surface area contributed by atoms with Gasteiger partial charge in [0.05, 0.1) is 34.8 Å². The fraction of sp³-hybridized carbons (Fsp3) is 0.636. The SMILES string of the molecule is Cc1ncsc1-c1ccc([C@H](C)CC(=O)[C@@H]2C[C@@H](O)CN2C(=O)[C@@H](NC(=O)CN(C)CC2(F)CCNCC2)C(C)(C)C)cc1. The number of halogens is 1. The molecule has 4 atom stereocenters. The molecule has 0 unspecified atom stereocenters. The van der Waals surface area contributed by atoms with E-state index in [4.69, 9.17) is 0 Å². The number of aryl methyl sites for hydroxylation is 1. The van der Waals surface area contributed by atoms with Gasteiger partial charge in [0, 0.05) is 25.9 Å². The lowest BCUT2D eigenvalue weighted by molar-refractivity contribution is -0.143. The molecule has 3 heterocycles. The minimum atomic E-state index is -1.35. The van der Waals surface area contributed by atoms with Crippen molar-refractivity contribution < 1.29 is 23.9 Å². The summed E-state index contributed by atoms with van der Waals surface area (Å²) in [7, 11) is 1.71. The molecule has 9 nitrogen and oxygen atoms in total. The Labute approximate surface area is 264 Å². The molecule has 44 heavy (non-hydrogen) atoms. The van der Waals surface area contributed by atoms with Crippen LogP contribution in [0.4, 0.5) is 4.39 Å². The number of Topliss-reactive ketones (excluding diaryl/α,β-unsaturated/α-hetero) is 1. The molecule has 0 radical (unpaired) electrons.